The summed E-state index contributed by atoms with van der Waals surface area (Å²) in [7, 11) is 0. The largest absolute Gasteiger partial charge is 0.416 e. The van der Waals surface area contributed by atoms with Gasteiger partial charge in [-0.05, 0) is 43.5 Å². The number of rotatable bonds is 2. The minimum absolute atomic E-state index is 0.136. The van der Waals surface area contributed by atoms with Gasteiger partial charge in [-0.2, -0.15) is 13.2 Å². The van der Waals surface area contributed by atoms with Gasteiger partial charge >= 0.3 is 6.18 Å². The molecule has 2 fully saturated rings. The standard InChI is InChI=1S/C18H21F3N2O2/c19-18(20,21)15-7-5-14(6-8-15)17(25)23-10-2-9-22(11-12-23)16(24)13-3-1-4-13/h5-8,13H,1-4,9-12H2. The average molecular weight is 354 g/mol. The van der Waals surface area contributed by atoms with E-state index in [1.807, 2.05) is 4.90 Å². The molecule has 0 radical (unpaired) electrons. The van der Waals surface area contributed by atoms with E-state index in [0.717, 1.165) is 31.4 Å². The predicted octanol–water partition coefficient (Wildman–Crippen LogP) is 3.18. The van der Waals surface area contributed by atoms with E-state index in [-0.39, 0.29) is 23.3 Å². The summed E-state index contributed by atoms with van der Waals surface area (Å²) in [6.07, 6.45) is -0.729. The molecule has 0 N–H and O–H groups in total. The van der Waals surface area contributed by atoms with Gasteiger partial charge in [0.15, 0.2) is 0 Å². The molecule has 4 nitrogen and oxygen atoms in total. The third kappa shape index (κ3) is 3.96. The monoisotopic (exact) mass is 354 g/mol. The Kier molecular flexibility index (Phi) is 5.01. The molecule has 2 amide bonds. The summed E-state index contributed by atoms with van der Waals surface area (Å²) >= 11 is 0. The fraction of sp³-hybridized carbons (Fsp3) is 0.556. The van der Waals surface area contributed by atoms with E-state index in [0.29, 0.717) is 32.6 Å². The highest BCUT2D eigenvalue weighted by Crippen LogP contribution is 2.30. The Balaban J connectivity index is 1.61. The Morgan fingerprint density at radius 3 is 2.04 bits per heavy atom. The Labute approximate surface area is 144 Å². The van der Waals surface area contributed by atoms with Crippen LogP contribution in [0.1, 0.15) is 41.6 Å². The van der Waals surface area contributed by atoms with Crippen molar-refractivity contribution >= 4 is 11.8 Å². The molecular formula is C18H21F3N2O2. The van der Waals surface area contributed by atoms with Crippen molar-refractivity contribution in [1.82, 2.24) is 9.80 Å². The summed E-state index contributed by atoms with van der Waals surface area (Å²) in [6.45, 7) is 2.04. The highest BCUT2D eigenvalue weighted by Gasteiger charge is 2.32. The van der Waals surface area contributed by atoms with Gasteiger partial charge in [-0.3, -0.25) is 9.59 Å². The number of hydrogen-bond acceptors (Lipinski definition) is 2. The molecule has 0 spiro atoms. The second-order valence-corrected chi connectivity index (χ2v) is 6.67. The van der Waals surface area contributed by atoms with Crippen molar-refractivity contribution in [1.29, 1.82) is 0 Å². The Morgan fingerprint density at radius 1 is 0.880 bits per heavy atom. The quantitative estimate of drug-likeness (QED) is 0.818. The highest BCUT2D eigenvalue weighted by atomic mass is 19.4. The van der Waals surface area contributed by atoms with Gasteiger partial charge in [-0.1, -0.05) is 6.42 Å². The van der Waals surface area contributed by atoms with Crippen molar-refractivity contribution in [2.75, 3.05) is 26.2 Å². The van der Waals surface area contributed by atoms with Gasteiger partial charge in [0, 0.05) is 37.7 Å². The van der Waals surface area contributed by atoms with Gasteiger partial charge in [-0.15, -0.1) is 0 Å². The van der Waals surface area contributed by atoms with Gasteiger partial charge in [0.25, 0.3) is 5.91 Å². The molecule has 0 atom stereocenters. The molecule has 0 aromatic heterocycles. The summed E-state index contributed by atoms with van der Waals surface area (Å²) in [6, 6.07) is 4.29. The lowest BCUT2D eigenvalue weighted by molar-refractivity contribution is -0.138. The van der Waals surface area contributed by atoms with E-state index in [9.17, 15) is 22.8 Å². The topological polar surface area (TPSA) is 40.6 Å². The van der Waals surface area contributed by atoms with Crippen LogP contribution in [0.25, 0.3) is 0 Å². The van der Waals surface area contributed by atoms with Crippen molar-refractivity contribution in [3.8, 4) is 0 Å². The Bertz CT molecular complexity index is 639. The van der Waals surface area contributed by atoms with E-state index >= 15 is 0 Å². The molecule has 136 valence electrons. The van der Waals surface area contributed by atoms with Crippen LogP contribution in [0.5, 0.6) is 0 Å². The first-order valence-corrected chi connectivity index (χ1v) is 8.61. The van der Waals surface area contributed by atoms with Crippen LogP contribution in [0.4, 0.5) is 13.2 Å². The SMILES string of the molecule is O=C(c1ccc(C(F)(F)F)cc1)N1CCCN(C(=O)C2CCC2)CC1. The second-order valence-electron chi connectivity index (χ2n) is 6.67. The highest BCUT2D eigenvalue weighted by molar-refractivity contribution is 5.94. The third-order valence-electron chi connectivity index (χ3n) is 5.01. The van der Waals surface area contributed by atoms with Crippen molar-refractivity contribution in [3.05, 3.63) is 35.4 Å². The van der Waals surface area contributed by atoms with Gasteiger partial charge in [0.2, 0.25) is 5.91 Å². The van der Waals surface area contributed by atoms with Gasteiger partial charge in [-0.25, -0.2) is 0 Å². The number of benzene rings is 1. The first kappa shape index (κ1) is 17.8. The van der Waals surface area contributed by atoms with Gasteiger partial charge < -0.3 is 9.80 Å². The van der Waals surface area contributed by atoms with E-state index in [1.54, 1.807) is 4.90 Å². The number of nitrogens with zero attached hydrogens (tertiary/aromatic N) is 2. The van der Waals surface area contributed by atoms with Crippen LogP contribution in [-0.4, -0.2) is 47.8 Å². The number of amides is 2. The third-order valence-corrected chi connectivity index (χ3v) is 5.01. The number of carbonyl (C=O) groups excluding carboxylic acids is 2. The number of halogens is 3. The molecule has 0 bridgehead atoms. The van der Waals surface area contributed by atoms with E-state index in [2.05, 4.69) is 0 Å². The number of carbonyl (C=O) groups is 2. The molecule has 1 aliphatic carbocycles. The average Bonchev–Trinajstić information content (AvgIpc) is 2.78. The summed E-state index contributed by atoms with van der Waals surface area (Å²) in [5.74, 6) is 0.0268. The van der Waals surface area contributed by atoms with Crippen molar-refractivity contribution in [2.45, 2.75) is 31.9 Å². The van der Waals surface area contributed by atoms with Crippen LogP contribution in [0, 0.1) is 5.92 Å². The molecule has 1 saturated carbocycles. The molecule has 0 unspecified atom stereocenters. The molecule has 2 aliphatic rings. The molecule has 1 saturated heterocycles. The van der Waals surface area contributed by atoms with Gasteiger partial charge in [0.05, 0.1) is 5.56 Å². The maximum atomic E-state index is 12.6. The minimum Gasteiger partial charge on any atom is -0.341 e. The van der Waals surface area contributed by atoms with Crippen LogP contribution in [0.15, 0.2) is 24.3 Å². The molecule has 7 heteroatoms. The molecule has 3 rings (SSSR count). The lowest BCUT2D eigenvalue weighted by atomic mass is 9.84. The minimum atomic E-state index is -4.41. The molecular weight excluding hydrogens is 333 g/mol. The molecule has 1 heterocycles. The predicted molar refractivity (Wildman–Crippen MR) is 85.9 cm³/mol. The van der Waals surface area contributed by atoms with Crippen LogP contribution in [-0.2, 0) is 11.0 Å². The van der Waals surface area contributed by atoms with Crippen LogP contribution < -0.4 is 0 Å². The maximum absolute atomic E-state index is 12.6. The lowest BCUT2D eigenvalue weighted by Gasteiger charge is -2.31. The van der Waals surface area contributed by atoms with Crippen LogP contribution in [0.2, 0.25) is 0 Å². The number of hydrogen-bond donors (Lipinski definition) is 0. The Hall–Kier alpha value is -2.05. The summed E-state index contributed by atoms with van der Waals surface area (Å²) in [5, 5.41) is 0. The summed E-state index contributed by atoms with van der Waals surface area (Å²) in [5.41, 5.74) is -0.524. The molecule has 1 aliphatic heterocycles. The maximum Gasteiger partial charge on any atom is 0.416 e. The van der Waals surface area contributed by atoms with Crippen molar-refractivity contribution in [2.24, 2.45) is 5.92 Å². The van der Waals surface area contributed by atoms with E-state index in [1.165, 1.54) is 12.1 Å². The molecule has 1 aromatic carbocycles. The second kappa shape index (κ2) is 7.06. The van der Waals surface area contributed by atoms with Crippen molar-refractivity contribution in [3.63, 3.8) is 0 Å². The molecule has 25 heavy (non-hydrogen) atoms. The zero-order chi connectivity index (χ0) is 18.0. The zero-order valence-electron chi connectivity index (χ0n) is 13.9. The van der Waals surface area contributed by atoms with Crippen LogP contribution in [0.3, 0.4) is 0 Å². The lowest BCUT2D eigenvalue weighted by Crippen LogP contribution is -2.41. The normalized spacial score (nSPS) is 19.3. The van der Waals surface area contributed by atoms with E-state index in [4.69, 9.17) is 0 Å². The van der Waals surface area contributed by atoms with Gasteiger partial charge in [0.1, 0.15) is 0 Å². The van der Waals surface area contributed by atoms with E-state index < -0.39 is 11.7 Å². The first-order chi connectivity index (χ1) is 11.9. The Morgan fingerprint density at radius 2 is 1.48 bits per heavy atom. The first-order valence-electron chi connectivity index (χ1n) is 8.61. The molecule has 1 aromatic rings. The van der Waals surface area contributed by atoms with Crippen LogP contribution >= 0.6 is 0 Å². The fourth-order valence-corrected chi connectivity index (χ4v) is 3.24. The summed E-state index contributed by atoms with van der Waals surface area (Å²) in [4.78, 5) is 28.3. The smallest absolute Gasteiger partial charge is 0.341 e. The number of alkyl halides is 3. The fourth-order valence-electron chi connectivity index (χ4n) is 3.24. The van der Waals surface area contributed by atoms with Crippen molar-refractivity contribution < 1.29 is 22.8 Å². The summed E-state index contributed by atoms with van der Waals surface area (Å²) < 4.78 is 37.8. The zero-order valence-corrected chi connectivity index (χ0v) is 13.9.